The van der Waals surface area contributed by atoms with Crippen LogP contribution in [0.3, 0.4) is 0 Å². The molecule has 0 aromatic heterocycles. The molecule has 0 radical (unpaired) electrons. The van der Waals surface area contributed by atoms with Crippen molar-refractivity contribution >= 4 is 0 Å². The van der Waals surface area contributed by atoms with Crippen molar-refractivity contribution < 1.29 is 13.2 Å². The molecule has 1 aliphatic rings. The van der Waals surface area contributed by atoms with E-state index in [1.54, 1.807) is 4.90 Å². The summed E-state index contributed by atoms with van der Waals surface area (Å²) in [6, 6.07) is 0.379. The average Bonchev–Trinajstić information content (AvgIpc) is 2.25. The number of nitrogens with zero attached hydrogens (tertiary/aromatic N) is 1. The molecular weight excluding hydrogens is 241 g/mol. The Kier molecular flexibility index (Phi) is 5.92. The molecular formula is C13H25F3N2. The number of rotatable bonds is 5. The predicted molar refractivity (Wildman–Crippen MR) is 67.6 cm³/mol. The molecule has 0 aromatic rings. The highest BCUT2D eigenvalue weighted by molar-refractivity contribution is 4.86. The van der Waals surface area contributed by atoms with E-state index in [4.69, 9.17) is 0 Å². The molecule has 0 bridgehead atoms. The van der Waals surface area contributed by atoms with E-state index in [0.717, 1.165) is 32.2 Å². The average molecular weight is 266 g/mol. The third-order valence-corrected chi connectivity index (χ3v) is 3.63. The van der Waals surface area contributed by atoms with E-state index in [9.17, 15) is 13.2 Å². The molecule has 1 N–H and O–H groups in total. The molecule has 0 aromatic carbocycles. The zero-order chi connectivity index (χ0) is 13.8. The minimum absolute atomic E-state index is 0.0583. The number of hydrogen-bond acceptors (Lipinski definition) is 2. The topological polar surface area (TPSA) is 15.3 Å². The minimum Gasteiger partial charge on any atom is -0.314 e. The lowest BCUT2D eigenvalue weighted by molar-refractivity contribution is -0.157. The highest BCUT2D eigenvalue weighted by Gasteiger charge is 2.36. The van der Waals surface area contributed by atoms with Crippen LogP contribution in [0.2, 0.25) is 0 Å². The largest absolute Gasteiger partial charge is 0.401 e. The van der Waals surface area contributed by atoms with Crippen LogP contribution in [0.5, 0.6) is 0 Å². The Hall–Kier alpha value is -0.290. The summed E-state index contributed by atoms with van der Waals surface area (Å²) in [7, 11) is 0. The van der Waals surface area contributed by atoms with Gasteiger partial charge < -0.3 is 5.32 Å². The van der Waals surface area contributed by atoms with Gasteiger partial charge in [0.1, 0.15) is 0 Å². The number of halogens is 3. The Morgan fingerprint density at radius 1 is 1.28 bits per heavy atom. The third-order valence-electron chi connectivity index (χ3n) is 3.63. The summed E-state index contributed by atoms with van der Waals surface area (Å²) in [5.41, 5.74) is 0. The van der Waals surface area contributed by atoms with Gasteiger partial charge in [0.25, 0.3) is 0 Å². The van der Waals surface area contributed by atoms with Crippen molar-refractivity contribution in [2.75, 3.05) is 13.1 Å². The van der Waals surface area contributed by atoms with Crippen molar-refractivity contribution in [1.82, 2.24) is 10.2 Å². The zero-order valence-electron chi connectivity index (χ0n) is 11.6. The molecule has 0 aliphatic heterocycles. The molecule has 5 heteroatoms. The smallest absolute Gasteiger partial charge is 0.314 e. The van der Waals surface area contributed by atoms with Gasteiger partial charge in [-0.15, -0.1) is 0 Å². The van der Waals surface area contributed by atoms with Crippen LogP contribution in [0.1, 0.15) is 46.5 Å². The summed E-state index contributed by atoms with van der Waals surface area (Å²) >= 11 is 0. The van der Waals surface area contributed by atoms with E-state index < -0.39 is 12.7 Å². The first-order valence-electron chi connectivity index (χ1n) is 6.89. The molecule has 18 heavy (non-hydrogen) atoms. The van der Waals surface area contributed by atoms with Crippen LogP contribution in [0.15, 0.2) is 0 Å². The van der Waals surface area contributed by atoms with E-state index in [1.807, 2.05) is 20.8 Å². The summed E-state index contributed by atoms with van der Waals surface area (Å²) < 4.78 is 37.8. The van der Waals surface area contributed by atoms with Gasteiger partial charge in [-0.05, 0) is 39.7 Å². The molecule has 0 heterocycles. The molecule has 2 atom stereocenters. The van der Waals surface area contributed by atoms with E-state index in [1.165, 1.54) is 0 Å². The number of alkyl halides is 3. The number of hydrogen-bond donors (Lipinski definition) is 1. The van der Waals surface area contributed by atoms with Crippen LogP contribution >= 0.6 is 0 Å². The Labute approximate surface area is 108 Å². The van der Waals surface area contributed by atoms with Crippen molar-refractivity contribution in [3.05, 3.63) is 0 Å². The third kappa shape index (κ3) is 5.14. The van der Waals surface area contributed by atoms with E-state index in [-0.39, 0.29) is 12.1 Å². The highest BCUT2D eigenvalue weighted by Crippen LogP contribution is 2.28. The molecule has 1 saturated carbocycles. The quantitative estimate of drug-likeness (QED) is 0.822. The van der Waals surface area contributed by atoms with Gasteiger partial charge in [0, 0.05) is 18.1 Å². The van der Waals surface area contributed by atoms with E-state index >= 15 is 0 Å². The summed E-state index contributed by atoms with van der Waals surface area (Å²) in [6.07, 6.45) is -0.278. The Morgan fingerprint density at radius 3 is 2.44 bits per heavy atom. The van der Waals surface area contributed by atoms with Gasteiger partial charge in [-0.25, -0.2) is 0 Å². The molecule has 2 unspecified atom stereocenters. The van der Waals surface area contributed by atoms with Gasteiger partial charge in [0.15, 0.2) is 0 Å². The second kappa shape index (κ2) is 6.75. The van der Waals surface area contributed by atoms with Gasteiger partial charge in [-0.3, -0.25) is 4.90 Å². The molecule has 0 spiro atoms. The Balaban J connectivity index is 2.61. The van der Waals surface area contributed by atoms with Crippen molar-refractivity contribution in [2.45, 2.75) is 70.8 Å². The normalized spacial score (nSPS) is 26.0. The lowest BCUT2D eigenvalue weighted by Gasteiger charge is -2.40. The summed E-state index contributed by atoms with van der Waals surface area (Å²) in [5.74, 6) is 0. The number of nitrogens with one attached hydrogen (secondary N) is 1. The molecule has 1 fully saturated rings. The molecule has 1 aliphatic carbocycles. The maximum absolute atomic E-state index is 12.6. The fraction of sp³-hybridized carbons (Fsp3) is 1.00. The van der Waals surface area contributed by atoms with Crippen LogP contribution in [0, 0.1) is 0 Å². The van der Waals surface area contributed by atoms with Crippen LogP contribution < -0.4 is 5.32 Å². The maximum Gasteiger partial charge on any atom is 0.401 e. The lowest BCUT2D eigenvalue weighted by atomic mass is 9.89. The maximum atomic E-state index is 12.6. The van der Waals surface area contributed by atoms with Crippen LogP contribution in [-0.2, 0) is 0 Å². The Bertz CT molecular complexity index is 239. The van der Waals surface area contributed by atoms with Crippen LogP contribution in [-0.4, -0.2) is 42.3 Å². The van der Waals surface area contributed by atoms with Crippen LogP contribution in [0.25, 0.3) is 0 Å². The second-order valence-corrected chi connectivity index (χ2v) is 5.46. The lowest BCUT2D eigenvalue weighted by Crippen LogP contribution is -2.50. The van der Waals surface area contributed by atoms with Gasteiger partial charge >= 0.3 is 6.18 Å². The van der Waals surface area contributed by atoms with Gasteiger partial charge in [0.05, 0.1) is 6.54 Å². The fourth-order valence-electron chi connectivity index (χ4n) is 2.88. The SMILES string of the molecule is CCNC1CCCC(N(CC(F)(F)F)C(C)C)C1. The van der Waals surface area contributed by atoms with Gasteiger partial charge in [0.2, 0.25) is 0 Å². The molecule has 0 saturated heterocycles. The fourth-order valence-corrected chi connectivity index (χ4v) is 2.88. The minimum atomic E-state index is -4.10. The van der Waals surface area contributed by atoms with Crippen molar-refractivity contribution in [1.29, 1.82) is 0 Å². The van der Waals surface area contributed by atoms with E-state index in [0.29, 0.717) is 6.04 Å². The first kappa shape index (κ1) is 15.8. The molecule has 108 valence electrons. The summed E-state index contributed by atoms with van der Waals surface area (Å²) in [4.78, 5) is 1.61. The zero-order valence-corrected chi connectivity index (χ0v) is 11.6. The monoisotopic (exact) mass is 266 g/mol. The highest BCUT2D eigenvalue weighted by atomic mass is 19.4. The van der Waals surface area contributed by atoms with Crippen molar-refractivity contribution in [3.8, 4) is 0 Å². The summed E-state index contributed by atoms with van der Waals surface area (Å²) in [5, 5.41) is 3.36. The first-order valence-corrected chi connectivity index (χ1v) is 6.89. The van der Waals surface area contributed by atoms with Crippen LogP contribution in [0.4, 0.5) is 13.2 Å². The molecule has 2 nitrogen and oxygen atoms in total. The Morgan fingerprint density at radius 2 is 1.94 bits per heavy atom. The molecule has 1 rings (SSSR count). The van der Waals surface area contributed by atoms with Gasteiger partial charge in [-0.1, -0.05) is 13.3 Å². The molecule has 0 amide bonds. The van der Waals surface area contributed by atoms with Crippen molar-refractivity contribution in [3.63, 3.8) is 0 Å². The summed E-state index contributed by atoms with van der Waals surface area (Å²) in [6.45, 7) is 5.84. The van der Waals surface area contributed by atoms with E-state index in [2.05, 4.69) is 5.32 Å². The van der Waals surface area contributed by atoms with Crippen molar-refractivity contribution in [2.24, 2.45) is 0 Å². The second-order valence-electron chi connectivity index (χ2n) is 5.46. The first-order chi connectivity index (χ1) is 8.33. The van der Waals surface area contributed by atoms with Gasteiger partial charge in [-0.2, -0.15) is 13.2 Å². The standard InChI is InChI=1S/C13H25F3N2/c1-4-17-11-6-5-7-12(8-11)18(10(2)3)9-13(14,15)16/h10-12,17H,4-9H2,1-3H3. The predicted octanol–water partition coefficient (Wildman–Crippen LogP) is 3.18.